The van der Waals surface area contributed by atoms with Crippen molar-refractivity contribution in [1.29, 1.82) is 0 Å². The number of allylic oxidation sites excluding steroid dienone is 4. The Morgan fingerprint density at radius 1 is 0.773 bits per heavy atom. The maximum absolute atomic E-state index is 11.3. The van der Waals surface area contributed by atoms with Gasteiger partial charge in [-0.2, -0.15) is 26.3 Å². The van der Waals surface area contributed by atoms with E-state index in [9.17, 15) is 46.1 Å². The van der Waals surface area contributed by atoms with Gasteiger partial charge in [0.05, 0.1) is 0 Å². The fraction of sp³-hybridized carbons (Fsp3) is 0.400. The first kappa shape index (κ1) is 28.8. The number of ketones is 2. The summed E-state index contributed by atoms with van der Waals surface area (Å²) in [5.74, 6) is -6.02. The molecule has 0 aliphatic heterocycles. The smallest absolute Gasteiger partial charge is 0.869 e. The van der Waals surface area contributed by atoms with Gasteiger partial charge in [0.25, 0.3) is 0 Å². The van der Waals surface area contributed by atoms with Crippen molar-refractivity contribution in [2.24, 2.45) is 0 Å². The number of halogens is 6. The van der Waals surface area contributed by atoms with Crippen molar-refractivity contribution in [3.63, 3.8) is 0 Å². The van der Waals surface area contributed by atoms with Gasteiger partial charge >= 0.3 is 35.4 Å². The Labute approximate surface area is 136 Å². The van der Waals surface area contributed by atoms with E-state index >= 15 is 0 Å². The Kier molecular flexibility index (Phi) is 14.8. The van der Waals surface area contributed by atoms with Crippen molar-refractivity contribution in [3.8, 4) is 0 Å². The summed E-state index contributed by atoms with van der Waals surface area (Å²) in [5.41, 5.74) is 0. The van der Waals surface area contributed by atoms with Crippen LogP contribution >= 0.6 is 0 Å². The molecule has 5 nitrogen and oxygen atoms in total. The van der Waals surface area contributed by atoms with E-state index in [0.717, 1.165) is 13.8 Å². The summed E-state index contributed by atoms with van der Waals surface area (Å²) in [5, 5.41) is 19.7. The van der Waals surface area contributed by atoms with Gasteiger partial charge in [-0.15, -0.1) is 0 Å². The summed E-state index contributed by atoms with van der Waals surface area (Å²) in [6, 6.07) is 0. The molecule has 0 unspecified atom stereocenters. The molecule has 0 saturated carbocycles. The normalized spacial score (nSPS) is 12.2. The van der Waals surface area contributed by atoms with Crippen molar-refractivity contribution in [3.05, 3.63) is 23.7 Å². The summed E-state index contributed by atoms with van der Waals surface area (Å²) in [7, 11) is 0. The third kappa shape index (κ3) is 16.8. The Morgan fingerprint density at radius 2 is 0.955 bits per heavy atom. The molecule has 0 rings (SSSR count). The first-order chi connectivity index (χ1) is 8.67. The van der Waals surface area contributed by atoms with Gasteiger partial charge in [0, 0.05) is 0 Å². The van der Waals surface area contributed by atoms with Gasteiger partial charge in [0.2, 0.25) is 0 Å². The standard InChI is InChI=1S/2C5H5F3O2.Mg.H2O/c2*1-3(9)2-4(10)5(6,7)8;;/h2*2,10H,1H3;;1H2/q;;+2;/p-2/b2*4-2-;;. The Morgan fingerprint density at radius 3 is 1.00 bits per heavy atom. The minimum atomic E-state index is -4.92. The fourth-order valence-corrected chi connectivity index (χ4v) is 0.533. The van der Waals surface area contributed by atoms with Crippen LogP contribution in [-0.2, 0) is 9.59 Å². The molecule has 0 aromatic heterocycles. The molecule has 0 aromatic rings. The number of rotatable bonds is 2. The van der Waals surface area contributed by atoms with Crippen LogP contribution < -0.4 is 10.2 Å². The van der Waals surface area contributed by atoms with Crippen LogP contribution in [0.1, 0.15) is 13.8 Å². The summed E-state index contributed by atoms with van der Waals surface area (Å²) in [6.45, 7) is 1.76. The minimum absolute atomic E-state index is 0. The van der Waals surface area contributed by atoms with E-state index in [4.69, 9.17) is 0 Å². The monoisotopic (exact) mass is 348 g/mol. The van der Waals surface area contributed by atoms with E-state index in [-0.39, 0.29) is 40.7 Å². The molecular formula is C10H10F6MgO5. The second-order valence-electron chi connectivity index (χ2n) is 3.23. The Bertz CT molecular complexity index is 385. The first-order valence-corrected chi connectivity index (χ1v) is 4.61. The Balaban J connectivity index is -0.000000135. The molecule has 0 saturated heterocycles. The molecule has 0 aliphatic rings. The quantitative estimate of drug-likeness (QED) is 0.291. The predicted molar refractivity (Wildman–Crippen MR) is 59.0 cm³/mol. The second kappa shape index (κ2) is 11.3. The molecule has 0 amide bonds. The summed E-state index contributed by atoms with van der Waals surface area (Å²) in [4.78, 5) is 19.8. The third-order valence-corrected chi connectivity index (χ3v) is 1.23. The van der Waals surface area contributed by atoms with Crippen molar-refractivity contribution in [1.82, 2.24) is 0 Å². The van der Waals surface area contributed by atoms with Crippen molar-refractivity contribution >= 4 is 34.6 Å². The van der Waals surface area contributed by atoms with E-state index in [1.165, 1.54) is 0 Å². The SMILES string of the molecule is CC(=O)/C=C(\[O-])C(F)(F)F.CC(=O)/C=C(\[O-])C(F)(F)F.O.[Mg+2]. The van der Waals surface area contributed by atoms with Gasteiger partial charge < -0.3 is 15.7 Å². The number of carbonyl (C=O) groups excluding carboxylic acids is 2. The van der Waals surface area contributed by atoms with Crippen LogP contribution in [0, 0.1) is 0 Å². The van der Waals surface area contributed by atoms with Crippen LogP contribution in [0.3, 0.4) is 0 Å². The zero-order valence-electron chi connectivity index (χ0n) is 11.3. The summed E-state index contributed by atoms with van der Waals surface area (Å²) in [6.07, 6.45) is -9.82. The number of alkyl halides is 6. The average Bonchev–Trinajstić information content (AvgIpc) is 2.13. The number of hydrogen-bond donors (Lipinski definition) is 0. The van der Waals surface area contributed by atoms with Crippen LogP contribution in [0.15, 0.2) is 23.7 Å². The molecule has 0 fully saturated rings. The van der Waals surface area contributed by atoms with Crippen LogP contribution in [-0.4, -0.2) is 52.4 Å². The molecule has 2 N–H and O–H groups in total. The Hall–Kier alpha value is -1.27. The molecule has 22 heavy (non-hydrogen) atoms. The van der Waals surface area contributed by atoms with Gasteiger partial charge in [-0.05, 0) is 37.5 Å². The fourth-order valence-electron chi connectivity index (χ4n) is 0.533. The van der Waals surface area contributed by atoms with Crippen LogP contribution in [0.5, 0.6) is 0 Å². The molecule has 0 spiro atoms. The molecule has 12 heteroatoms. The largest absolute Gasteiger partial charge is 2.00 e. The van der Waals surface area contributed by atoms with Crippen LogP contribution in [0.2, 0.25) is 0 Å². The number of carbonyl (C=O) groups is 2. The van der Waals surface area contributed by atoms with Gasteiger partial charge in [-0.1, -0.05) is 0 Å². The molecule has 0 bridgehead atoms. The van der Waals surface area contributed by atoms with Gasteiger partial charge in [0.1, 0.15) is 0 Å². The van der Waals surface area contributed by atoms with Gasteiger partial charge in [-0.25, -0.2) is 0 Å². The van der Waals surface area contributed by atoms with Crippen LogP contribution in [0.4, 0.5) is 26.3 Å². The molecule has 124 valence electrons. The minimum Gasteiger partial charge on any atom is -0.869 e. The van der Waals surface area contributed by atoms with Crippen LogP contribution in [0.25, 0.3) is 0 Å². The van der Waals surface area contributed by atoms with Gasteiger partial charge in [0.15, 0.2) is 11.6 Å². The van der Waals surface area contributed by atoms with E-state index in [1.807, 2.05) is 0 Å². The molecule has 0 aromatic carbocycles. The predicted octanol–water partition coefficient (Wildman–Crippen LogP) is -0.442. The average molecular weight is 348 g/mol. The topological polar surface area (TPSA) is 112 Å². The second-order valence-corrected chi connectivity index (χ2v) is 3.23. The van der Waals surface area contributed by atoms with Gasteiger partial charge in [-0.3, -0.25) is 9.59 Å². The van der Waals surface area contributed by atoms with Crippen molar-refractivity contribution in [2.45, 2.75) is 26.2 Å². The van der Waals surface area contributed by atoms with E-state index in [2.05, 4.69) is 0 Å². The first-order valence-electron chi connectivity index (χ1n) is 4.61. The zero-order chi connectivity index (χ0) is 16.7. The number of hydrogen-bond acceptors (Lipinski definition) is 4. The van der Waals surface area contributed by atoms with E-state index < -0.39 is 35.4 Å². The van der Waals surface area contributed by atoms with E-state index in [1.54, 1.807) is 0 Å². The van der Waals surface area contributed by atoms with Crippen molar-refractivity contribution < 1.29 is 51.6 Å². The molecule has 0 radical (unpaired) electrons. The zero-order valence-corrected chi connectivity index (χ0v) is 12.7. The molecule has 0 atom stereocenters. The van der Waals surface area contributed by atoms with E-state index in [0.29, 0.717) is 0 Å². The van der Waals surface area contributed by atoms with Crippen molar-refractivity contribution in [2.75, 3.05) is 0 Å². The summed E-state index contributed by atoms with van der Waals surface area (Å²) >= 11 is 0. The molecule has 0 heterocycles. The third-order valence-electron chi connectivity index (χ3n) is 1.23. The summed E-state index contributed by atoms with van der Waals surface area (Å²) < 4.78 is 67.7. The maximum Gasteiger partial charge on any atom is 2.00 e. The molecule has 0 aliphatic carbocycles. The maximum atomic E-state index is 11.3. The molecular weight excluding hydrogens is 338 g/mol.